The van der Waals surface area contributed by atoms with Gasteiger partial charge in [0.1, 0.15) is 0 Å². The third-order valence-corrected chi connectivity index (χ3v) is 3.10. The first kappa shape index (κ1) is 18.2. The van der Waals surface area contributed by atoms with Crippen molar-refractivity contribution >= 4 is 17.5 Å². The quantitative estimate of drug-likeness (QED) is 0.749. The maximum Gasteiger partial charge on any atom is 0.279 e. The summed E-state index contributed by atoms with van der Waals surface area (Å²) in [4.78, 5) is 24.8. The first-order valence-electron chi connectivity index (χ1n) is 7.56. The van der Waals surface area contributed by atoms with E-state index >= 15 is 0 Å². The van der Waals surface area contributed by atoms with E-state index in [0.717, 1.165) is 21.7 Å². The standard InChI is InChI=1S/C17H27N3O2/c1-12-7-8-14(13(2)9-12)18-15(21)10-20(6)11-16(22)19-17(3,4)5/h7-9H,10-11H2,1-6H3,(H,18,21)(H,19,22)/p+1. The number of nitrogens with one attached hydrogen (secondary N) is 3. The highest BCUT2D eigenvalue weighted by Crippen LogP contribution is 2.15. The highest BCUT2D eigenvalue weighted by atomic mass is 16.2. The number of likely N-dealkylation sites (N-methyl/N-ethyl adjacent to an activating group) is 1. The van der Waals surface area contributed by atoms with E-state index in [1.54, 1.807) is 0 Å². The Balaban J connectivity index is 2.49. The number of aryl methyl sites for hydroxylation is 2. The maximum absolute atomic E-state index is 12.1. The number of carbonyl (C=O) groups excluding carboxylic acids is 2. The molecule has 1 aromatic carbocycles. The number of hydrogen-bond acceptors (Lipinski definition) is 2. The number of anilines is 1. The maximum atomic E-state index is 12.1. The van der Waals surface area contributed by atoms with Gasteiger partial charge in [-0.15, -0.1) is 0 Å². The van der Waals surface area contributed by atoms with Gasteiger partial charge in [0.05, 0.1) is 7.05 Å². The van der Waals surface area contributed by atoms with Crippen LogP contribution in [0.1, 0.15) is 31.9 Å². The van der Waals surface area contributed by atoms with Crippen LogP contribution in [0.15, 0.2) is 18.2 Å². The van der Waals surface area contributed by atoms with Crippen molar-refractivity contribution in [1.29, 1.82) is 0 Å². The van der Waals surface area contributed by atoms with Crippen LogP contribution in [0.4, 0.5) is 5.69 Å². The molecule has 1 unspecified atom stereocenters. The summed E-state index contributed by atoms with van der Waals surface area (Å²) in [5, 5.41) is 5.80. The average Bonchev–Trinajstić information content (AvgIpc) is 2.29. The highest BCUT2D eigenvalue weighted by Gasteiger charge is 2.18. The number of hydrogen-bond donors (Lipinski definition) is 3. The van der Waals surface area contributed by atoms with Crippen molar-refractivity contribution in [3.05, 3.63) is 29.3 Å². The zero-order valence-corrected chi connectivity index (χ0v) is 14.5. The largest absolute Gasteiger partial charge is 0.347 e. The summed E-state index contributed by atoms with van der Waals surface area (Å²) in [7, 11) is 1.84. The fourth-order valence-corrected chi connectivity index (χ4v) is 2.22. The van der Waals surface area contributed by atoms with E-state index in [4.69, 9.17) is 0 Å². The third kappa shape index (κ3) is 6.72. The van der Waals surface area contributed by atoms with E-state index in [9.17, 15) is 9.59 Å². The molecular formula is C17H28N3O2+. The molecule has 5 heteroatoms. The molecule has 0 spiro atoms. The molecule has 0 saturated carbocycles. The molecule has 1 rings (SSSR count). The molecule has 2 amide bonds. The Morgan fingerprint density at radius 1 is 1.09 bits per heavy atom. The van der Waals surface area contributed by atoms with Crippen molar-refractivity contribution in [1.82, 2.24) is 5.32 Å². The normalized spacial score (nSPS) is 12.6. The van der Waals surface area contributed by atoms with Gasteiger partial charge in [0, 0.05) is 11.2 Å². The van der Waals surface area contributed by atoms with Crippen molar-refractivity contribution in [3.63, 3.8) is 0 Å². The Morgan fingerprint density at radius 2 is 1.68 bits per heavy atom. The molecule has 0 heterocycles. The zero-order chi connectivity index (χ0) is 16.9. The molecule has 1 aromatic rings. The minimum absolute atomic E-state index is 0.0516. The van der Waals surface area contributed by atoms with Gasteiger partial charge in [0.2, 0.25) is 0 Å². The number of carbonyl (C=O) groups is 2. The monoisotopic (exact) mass is 306 g/mol. The molecule has 0 aliphatic heterocycles. The lowest BCUT2D eigenvalue weighted by atomic mass is 10.1. The van der Waals surface area contributed by atoms with Crippen molar-refractivity contribution in [2.45, 2.75) is 40.2 Å². The van der Waals surface area contributed by atoms with Crippen LogP contribution < -0.4 is 15.5 Å². The highest BCUT2D eigenvalue weighted by molar-refractivity contribution is 5.92. The van der Waals surface area contributed by atoms with Crippen LogP contribution in [0.25, 0.3) is 0 Å². The van der Waals surface area contributed by atoms with Gasteiger partial charge >= 0.3 is 0 Å². The van der Waals surface area contributed by atoms with Crippen molar-refractivity contribution in [2.75, 3.05) is 25.5 Å². The van der Waals surface area contributed by atoms with Gasteiger partial charge in [-0.05, 0) is 46.2 Å². The van der Waals surface area contributed by atoms with E-state index in [1.165, 1.54) is 0 Å². The molecule has 22 heavy (non-hydrogen) atoms. The molecule has 0 fully saturated rings. The molecule has 0 aromatic heterocycles. The van der Waals surface area contributed by atoms with Crippen LogP contribution in [-0.2, 0) is 9.59 Å². The van der Waals surface area contributed by atoms with Crippen molar-refractivity contribution < 1.29 is 14.5 Å². The molecule has 5 nitrogen and oxygen atoms in total. The smallest absolute Gasteiger partial charge is 0.279 e. The second kappa shape index (κ2) is 7.40. The van der Waals surface area contributed by atoms with Crippen molar-refractivity contribution in [3.8, 4) is 0 Å². The topological polar surface area (TPSA) is 62.6 Å². The van der Waals surface area contributed by atoms with E-state index in [2.05, 4.69) is 10.6 Å². The van der Waals surface area contributed by atoms with E-state index in [0.29, 0.717) is 0 Å². The molecule has 0 aliphatic rings. The SMILES string of the molecule is Cc1ccc(NC(=O)C[NH+](C)CC(=O)NC(C)(C)C)c(C)c1. The fraction of sp³-hybridized carbons (Fsp3) is 0.529. The predicted octanol–water partition coefficient (Wildman–Crippen LogP) is 0.671. The van der Waals surface area contributed by atoms with E-state index < -0.39 is 0 Å². The summed E-state index contributed by atoms with van der Waals surface area (Å²) >= 11 is 0. The number of benzene rings is 1. The minimum atomic E-state index is -0.251. The summed E-state index contributed by atoms with van der Waals surface area (Å²) < 4.78 is 0. The molecule has 0 bridgehead atoms. The summed E-state index contributed by atoms with van der Waals surface area (Å²) in [6.45, 7) is 10.3. The fourth-order valence-electron chi connectivity index (χ4n) is 2.22. The average molecular weight is 306 g/mol. The Kier molecular flexibility index (Phi) is 6.11. The van der Waals surface area contributed by atoms with Crippen LogP contribution in [0.2, 0.25) is 0 Å². The van der Waals surface area contributed by atoms with Crippen LogP contribution >= 0.6 is 0 Å². The molecular weight excluding hydrogens is 278 g/mol. The van der Waals surface area contributed by atoms with Gasteiger partial charge in [-0.2, -0.15) is 0 Å². The van der Waals surface area contributed by atoms with E-state index in [1.807, 2.05) is 59.9 Å². The van der Waals surface area contributed by atoms with Crippen LogP contribution in [-0.4, -0.2) is 37.5 Å². The van der Waals surface area contributed by atoms with Gasteiger partial charge in [0.25, 0.3) is 11.8 Å². The predicted molar refractivity (Wildman–Crippen MR) is 89.1 cm³/mol. The van der Waals surface area contributed by atoms with Crippen LogP contribution in [0, 0.1) is 13.8 Å². The second-order valence-electron chi connectivity index (χ2n) is 6.98. The van der Waals surface area contributed by atoms with Crippen molar-refractivity contribution in [2.24, 2.45) is 0 Å². The lowest BCUT2D eigenvalue weighted by Gasteiger charge is -2.21. The van der Waals surface area contributed by atoms with Gasteiger partial charge < -0.3 is 15.5 Å². The Bertz CT molecular complexity index is 547. The summed E-state index contributed by atoms with van der Waals surface area (Å²) in [6.07, 6.45) is 0. The molecule has 1 atom stereocenters. The van der Waals surface area contributed by atoms with E-state index in [-0.39, 0.29) is 30.4 Å². The molecule has 3 N–H and O–H groups in total. The van der Waals surface area contributed by atoms with Gasteiger partial charge in [0.15, 0.2) is 13.1 Å². The van der Waals surface area contributed by atoms with Gasteiger partial charge in [-0.3, -0.25) is 9.59 Å². The summed E-state index contributed by atoms with van der Waals surface area (Å²) in [5.41, 5.74) is 2.77. The number of rotatable bonds is 5. The Labute approximate surface area is 133 Å². The summed E-state index contributed by atoms with van der Waals surface area (Å²) in [5.74, 6) is -0.141. The third-order valence-electron chi connectivity index (χ3n) is 3.10. The lowest BCUT2D eigenvalue weighted by Crippen LogP contribution is -3.11. The Hall–Kier alpha value is -1.88. The van der Waals surface area contributed by atoms with Gasteiger partial charge in [-0.25, -0.2) is 0 Å². The van der Waals surface area contributed by atoms with Crippen LogP contribution in [0.3, 0.4) is 0 Å². The first-order chi connectivity index (χ1) is 10.1. The Morgan fingerprint density at radius 3 is 2.23 bits per heavy atom. The number of amides is 2. The molecule has 0 saturated heterocycles. The summed E-state index contributed by atoms with van der Waals surface area (Å²) in [6, 6.07) is 5.91. The van der Waals surface area contributed by atoms with Crippen LogP contribution in [0.5, 0.6) is 0 Å². The molecule has 122 valence electrons. The minimum Gasteiger partial charge on any atom is -0.347 e. The zero-order valence-electron chi connectivity index (χ0n) is 14.5. The lowest BCUT2D eigenvalue weighted by molar-refractivity contribution is -0.862. The molecule has 0 radical (unpaired) electrons. The number of quaternary nitrogens is 1. The first-order valence-corrected chi connectivity index (χ1v) is 7.56. The molecule has 0 aliphatic carbocycles. The second-order valence-corrected chi connectivity index (χ2v) is 6.98. The van der Waals surface area contributed by atoms with Gasteiger partial charge in [-0.1, -0.05) is 17.7 Å².